The molecule has 0 unspecified atom stereocenters. The molecule has 0 fully saturated rings. The number of carbonyl (C=O) groups excluding carboxylic acids is 2. The maximum absolute atomic E-state index is 12.1. The standard InChI is InChI=1S/C18H18ClNO5/c1-3-24-17-8-12(10-21)4-6-16(17)25-11-18(22)20-14-9-13(19)5-7-15(14)23-2/h4-10H,3,11H2,1-2H3,(H,20,22). The minimum absolute atomic E-state index is 0.240. The summed E-state index contributed by atoms with van der Waals surface area (Å²) in [5.74, 6) is 0.881. The summed E-state index contributed by atoms with van der Waals surface area (Å²) in [6.07, 6.45) is 0.713. The van der Waals surface area contributed by atoms with Crippen molar-refractivity contribution in [2.45, 2.75) is 6.92 Å². The summed E-state index contributed by atoms with van der Waals surface area (Å²) < 4.78 is 16.1. The SMILES string of the molecule is CCOc1cc(C=O)ccc1OCC(=O)Nc1cc(Cl)ccc1OC. The first kappa shape index (κ1) is 18.6. The van der Waals surface area contributed by atoms with E-state index in [0.717, 1.165) is 0 Å². The van der Waals surface area contributed by atoms with Crippen LogP contribution < -0.4 is 19.5 Å². The number of aldehydes is 1. The van der Waals surface area contributed by atoms with Gasteiger partial charge in [-0.3, -0.25) is 9.59 Å². The third kappa shape index (κ3) is 5.12. The maximum Gasteiger partial charge on any atom is 0.262 e. The smallest absolute Gasteiger partial charge is 0.262 e. The Labute approximate surface area is 150 Å². The van der Waals surface area contributed by atoms with Crippen LogP contribution in [0, 0.1) is 0 Å². The number of hydrogen-bond acceptors (Lipinski definition) is 5. The Hall–Kier alpha value is -2.73. The van der Waals surface area contributed by atoms with Crippen molar-refractivity contribution in [3.63, 3.8) is 0 Å². The molecule has 2 aromatic carbocycles. The van der Waals surface area contributed by atoms with E-state index in [9.17, 15) is 9.59 Å². The average Bonchev–Trinajstić information content (AvgIpc) is 2.61. The Morgan fingerprint density at radius 3 is 2.56 bits per heavy atom. The maximum atomic E-state index is 12.1. The van der Waals surface area contributed by atoms with Crippen molar-refractivity contribution in [3.05, 3.63) is 47.0 Å². The molecule has 0 aliphatic heterocycles. The molecule has 0 atom stereocenters. The molecule has 2 rings (SSSR count). The van der Waals surface area contributed by atoms with Gasteiger partial charge in [0.15, 0.2) is 18.1 Å². The fraction of sp³-hybridized carbons (Fsp3) is 0.222. The van der Waals surface area contributed by atoms with Crippen LogP contribution in [0.3, 0.4) is 0 Å². The molecule has 0 bridgehead atoms. The molecule has 25 heavy (non-hydrogen) atoms. The summed E-state index contributed by atoms with van der Waals surface area (Å²) in [6.45, 7) is 1.98. The van der Waals surface area contributed by atoms with Gasteiger partial charge in [-0.05, 0) is 43.3 Å². The summed E-state index contributed by atoms with van der Waals surface area (Å²) in [5, 5.41) is 3.15. The number of carbonyl (C=O) groups is 2. The molecule has 2 aromatic rings. The number of hydrogen-bond donors (Lipinski definition) is 1. The van der Waals surface area contributed by atoms with Crippen LogP contribution in [0.2, 0.25) is 5.02 Å². The highest BCUT2D eigenvalue weighted by Crippen LogP contribution is 2.29. The fourth-order valence-electron chi connectivity index (χ4n) is 2.09. The second-order valence-electron chi connectivity index (χ2n) is 4.94. The summed E-state index contributed by atoms with van der Waals surface area (Å²) in [7, 11) is 1.50. The van der Waals surface area contributed by atoms with E-state index in [1.165, 1.54) is 7.11 Å². The Balaban J connectivity index is 2.05. The molecule has 0 saturated carbocycles. The normalized spacial score (nSPS) is 10.0. The first-order valence-corrected chi connectivity index (χ1v) is 7.93. The first-order valence-electron chi connectivity index (χ1n) is 7.55. The van der Waals surface area contributed by atoms with Crippen LogP contribution in [0.4, 0.5) is 5.69 Å². The van der Waals surface area contributed by atoms with Gasteiger partial charge in [0, 0.05) is 10.6 Å². The summed E-state index contributed by atoms with van der Waals surface area (Å²) in [5.41, 5.74) is 0.911. The van der Waals surface area contributed by atoms with E-state index in [0.29, 0.717) is 46.4 Å². The van der Waals surface area contributed by atoms with E-state index >= 15 is 0 Å². The Morgan fingerprint density at radius 1 is 1.12 bits per heavy atom. The van der Waals surface area contributed by atoms with Crippen LogP contribution in [0.15, 0.2) is 36.4 Å². The Bertz CT molecular complexity index is 763. The van der Waals surface area contributed by atoms with Gasteiger partial charge in [0.05, 0.1) is 19.4 Å². The predicted octanol–water partition coefficient (Wildman–Crippen LogP) is 3.58. The summed E-state index contributed by atoms with van der Waals surface area (Å²) >= 11 is 5.93. The third-order valence-corrected chi connectivity index (χ3v) is 3.43. The first-order chi connectivity index (χ1) is 12.1. The topological polar surface area (TPSA) is 73.9 Å². The number of benzene rings is 2. The van der Waals surface area contributed by atoms with Crippen molar-refractivity contribution in [2.24, 2.45) is 0 Å². The second-order valence-corrected chi connectivity index (χ2v) is 5.37. The molecular weight excluding hydrogens is 346 g/mol. The molecule has 0 spiro atoms. The van der Waals surface area contributed by atoms with Crippen LogP contribution in [0.25, 0.3) is 0 Å². The minimum Gasteiger partial charge on any atom is -0.495 e. The molecule has 1 amide bonds. The number of amides is 1. The zero-order valence-corrected chi connectivity index (χ0v) is 14.6. The zero-order valence-electron chi connectivity index (χ0n) is 13.9. The monoisotopic (exact) mass is 363 g/mol. The number of anilines is 1. The van der Waals surface area contributed by atoms with Crippen LogP contribution in [-0.2, 0) is 4.79 Å². The number of ether oxygens (including phenoxy) is 3. The molecular formula is C18H18ClNO5. The predicted molar refractivity (Wildman–Crippen MR) is 95.1 cm³/mol. The van der Waals surface area contributed by atoms with Crippen LogP contribution in [0.5, 0.6) is 17.2 Å². The van der Waals surface area contributed by atoms with Crippen molar-refractivity contribution in [1.29, 1.82) is 0 Å². The van der Waals surface area contributed by atoms with Gasteiger partial charge in [0.1, 0.15) is 12.0 Å². The van der Waals surface area contributed by atoms with Gasteiger partial charge >= 0.3 is 0 Å². The van der Waals surface area contributed by atoms with E-state index in [1.807, 2.05) is 6.92 Å². The van der Waals surface area contributed by atoms with Gasteiger partial charge < -0.3 is 19.5 Å². The van der Waals surface area contributed by atoms with E-state index in [2.05, 4.69) is 5.32 Å². The average molecular weight is 364 g/mol. The number of rotatable bonds is 8. The highest BCUT2D eigenvalue weighted by molar-refractivity contribution is 6.31. The summed E-state index contributed by atoms with van der Waals surface area (Å²) in [4.78, 5) is 23.0. The lowest BCUT2D eigenvalue weighted by molar-refractivity contribution is -0.118. The molecule has 0 radical (unpaired) electrons. The summed E-state index contributed by atoms with van der Waals surface area (Å²) in [6, 6.07) is 9.64. The lowest BCUT2D eigenvalue weighted by Crippen LogP contribution is -2.20. The third-order valence-electron chi connectivity index (χ3n) is 3.20. The van der Waals surface area contributed by atoms with Gasteiger partial charge in [-0.1, -0.05) is 11.6 Å². The van der Waals surface area contributed by atoms with Gasteiger partial charge in [-0.15, -0.1) is 0 Å². The van der Waals surface area contributed by atoms with Gasteiger partial charge in [-0.2, -0.15) is 0 Å². The fourth-order valence-corrected chi connectivity index (χ4v) is 2.27. The minimum atomic E-state index is -0.387. The quantitative estimate of drug-likeness (QED) is 0.726. The molecule has 0 aliphatic rings. The van der Waals surface area contributed by atoms with E-state index in [4.69, 9.17) is 25.8 Å². The highest BCUT2D eigenvalue weighted by atomic mass is 35.5. The second kappa shape index (κ2) is 8.94. The molecule has 0 heterocycles. The number of halogens is 1. The largest absolute Gasteiger partial charge is 0.495 e. The van der Waals surface area contributed by atoms with Crippen LogP contribution in [-0.4, -0.2) is 32.5 Å². The molecule has 7 heteroatoms. The Morgan fingerprint density at radius 2 is 1.88 bits per heavy atom. The van der Waals surface area contributed by atoms with Crippen molar-refractivity contribution in [2.75, 3.05) is 25.6 Å². The zero-order chi connectivity index (χ0) is 18.2. The van der Waals surface area contributed by atoms with Crippen molar-refractivity contribution in [1.82, 2.24) is 0 Å². The highest BCUT2D eigenvalue weighted by Gasteiger charge is 2.12. The molecule has 132 valence electrons. The van der Waals surface area contributed by atoms with Crippen molar-refractivity contribution in [3.8, 4) is 17.2 Å². The molecule has 6 nitrogen and oxygen atoms in total. The van der Waals surface area contributed by atoms with Gasteiger partial charge in [-0.25, -0.2) is 0 Å². The van der Waals surface area contributed by atoms with Crippen LogP contribution in [0.1, 0.15) is 17.3 Å². The lowest BCUT2D eigenvalue weighted by Gasteiger charge is -2.13. The molecule has 0 saturated heterocycles. The molecule has 0 aromatic heterocycles. The van der Waals surface area contributed by atoms with E-state index < -0.39 is 0 Å². The van der Waals surface area contributed by atoms with Crippen molar-refractivity contribution >= 4 is 29.5 Å². The van der Waals surface area contributed by atoms with E-state index in [-0.39, 0.29) is 12.5 Å². The molecule has 0 aliphatic carbocycles. The van der Waals surface area contributed by atoms with Crippen molar-refractivity contribution < 1.29 is 23.8 Å². The number of nitrogens with one attached hydrogen (secondary N) is 1. The van der Waals surface area contributed by atoms with Gasteiger partial charge in [0.2, 0.25) is 0 Å². The van der Waals surface area contributed by atoms with Gasteiger partial charge in [0.25, 0.3) is 5.91 Å². The Kier molecular flexibility index (Phi) is 6.65. The van der Waals surface area contributed by atoms with E-state index in [1.54, 1.807) is 36.4 Å². The molecule has 1 N–H and O–H groups in total. The number of methoxy groups -OCH3 is 1. The lowest BCUT2D eigenvalue weighted by atomic mass is 10.2. The van der Waals surface area contributed by atoms with Crippen LogP contribution >= 0.6 is 11.6 Å².